The Morgan fingerprint density at radius 3 is 2.71 bits per heavy atom. The van der Waals surface area contributed by atoms with E-state index in [2.05, 4.69) is 4.98 Å². The van der Waals surface area contributed by atoms with Crippen molar-refractivity contribution in [1.82, 2.24) is 4.98 Å². The van der Waals surface area contributed by atoms with Crippen LogP contribution in [0.25, 0.3) is 0 Å². The van der Waals surface area contributed by atoms with Crippen LogP contribution in [0.4, 0.5) is 5.69 Å². The van der Waals surface area contributed by atoms with Crippen molar-refractivity contribution in [3.8, 4) is 5.75 Å². The summed E-state index contributed by atoms with van der Waals surface area (Å²) in [6, 6.07) is 5.33. The van der Waals surface area contributed by atoms with Gasteiger partial charge in [0, 0.05) is 18.9 Å². The summed E-state index contributed by atoms with van der Waals surface area (Å²) in [5.74, 6) is 0.900. The lowest BCUT2D eigenvalue weighted by atomic mass is 10.0. The van der Waals surface area contributed by atoms with Gasteiger partial charge < -0.3 is 4.74 Å². The SMILES string of the molecule is COc1cc(C)c(S(=O)(=O)N2CCc3cnccc32)cc1C(C)C. The molecule has 0 bridgehead atoms. The highest BCUT2D eigenvalue weighted by Crippen LogP contribution is 2.36. The first-order chi connectivity index (χ1) is 11.4. The van der Waals surface area contributed by atoms with Crippen LogP contribution in [0, 0.1) is 6.92 Å². The Kier molecular flexibility index (Phi) is 4.25. The lowest BCUT2D eigenvalue weighted by molar-refractivity contribution is 0.406. The second kappa shape index (κ2) is 6.09. The predicted molar refractivity (Wildman–Crippen MR) is 94.3 cm³/mol. The van der Waals surface area contributed by atoms with Gasteiger partial charge in [-0.05, 0) is 54.2 Å². The molecule has 0 atom stereocenters. The lowest BCUT2D eigenvalue weighted by Gasteiger charge is -2.22. The molecule has 1 aromatic carbocycles. The highest BCUT2D eigenvalue weighted by Gasteiger charge is 2.32. The monoisotopic (exact) mass is 346 g/mol. The molecular formula is C18H22N2O3S. The van der Waals surface area contributed by atoms with Gasteiger partial charge in [0.2, 0.25) is 0 Å². The van der Waals surface area contributed by atoms with Gasteiger partial charge in [0.1, 0.15) is 5.75 Å². The Hall–Kier alpha value is -2.08. The van der Waals surface area contributed by atoms with Crippen LogP contribution in [0.3, 0.4) is 0 Å². The summed E-state index contributed by atoms with van der Waals surface area (Å²) in [5.41, 5.74) is 3.29. The predicted octanol–water partition coefficient (Wildman–Crippen LogP) is 3.27. The number of anilines is 1. The molecule has 0 N–H and O–H groups in total. The standard InChI is InChI=1S/C18H22N2O3S/c1-12(2)15-10-18(13(3)9-17(15)23-4)24(21,22)20-8-6-14-11-19-7-5-16(14)20/h5,7,9-12H,6,8H2,1-4H3. The average molecular weight is 346 g/mol. The zero-order valence-electron chi connectivity index (χ0n) is 14.4. The number of aryl methyl sites for hydroxylation is 1. The number of aromatic nitrogens is 1. The van der Waals surface area contributed by atoms with Crippen molar-refractivity contribution >= 4 is 15.7 Å². The van der Waals surface area contributed by atoms with E-state index in [4.69, 9.17) is 4.74 Å². The number of rotatable bonds is 4. The Morgan fingerprint density at radius 2 is 2.04 bits per heavy atom. The van der Waals surface area contributed by atoms with Crippen LogP contribution in [0.15, 0.2) is 35.5 Å². The van der Waals surface area contributed by atoms with Crippen molar-refractivity contribution in [2.45, 2.75) is 38.0 Å². The molecule has 24 heavy (non-hydrogen) atoms. The van der Waals surface area contributed by atoms with Crippen LogP contribution in [0.5, 0.6) is 5.75 Å². The second-order valence-corrected chi connectivity index (χ2v) is 8.18. The zero-order chi connectivity index (χ0) is 17.5. The maximum absolute atomic E-state index is 13.3. The first-order valence-corrected chi connectivity index (χ1v) is 9.44. The number of nitrogens with zero attached hydrogens (tertiary/aromatic N) is 2. The first kappa shape index (κ1) is 16.8. The number of hydrogen-bond donors (Lipinski definition) is 0. The zero-order valence-corrected chi connectivity index (χ0v) is 15.2. The summed E-state index contributed by atoms with van der Waals surface area (Å²) in [4.78, 5) is 4.43. The molecule has 0 saturated carbocycles. The summed E-state index contributed by atoms with van der Waals surface area (Å²) in [5, 5.41) is 0. The van der Waals surface area contributed by atoms with Gasteiger partial charge in [-0.1, -0.05) is 13.8 Å². The highest BCUT2D eigenvalue weighted by molar-refractivity contribution is 7.93. The van der Waals surface area contributed by atoms with Crippen LogP contribution < -0.4 is 9.04 Å². The minimum absolute atomic E-state index is 0.171. The number of ether oxygens (including phenoxy) is 1. The molecule has 0 aliphatic carbocycles. The molecule has 6 heteroatoms. The molecule has 2 aromatic rings. The molecule has 0 unspecified atom stereocenters. The molecule has 128 valence electrons. The third kappa shape index (κ3) is 2.65. The van der Waals surface area contributed by atoms with E-state index in [1.165, 1.54) is 4.31 Å². The summed E-state index contributed by atoms with van der Waals surface area (Å²) in [6.07, 6.45) is 4.06. The van der Waals surface area contributed by atoms with Gasteiger partial charge >= 0.3 is 0 Å². The van der Waals surface area contributed by atoms with Gasteiger partial charge in [-0.25, -0.2) is 8.42 Å². The third-order valence-corrected chi connectivity index (χ3v) is 6.40. The van der Waals surface area contributed by atoms with E-state index >= 15 is 0 Å². The minimum atomic E-state index is -3.61. The Bertz CT molecular complexity index is 876. The van der Waals surface area contributed by atoms with Crippen LogP contribution in [-0.2, 0) is 16.4 Å². The largest absolute Gasteiger partial charge is 0.496 e. The van der Waals surface area contributed by atoms with Gasteiger partial charge in [-0.2, -0.15) is 0 Å². The molecule has 1 aromatic heterocycles. The topological polar surface area (TPSA) is 59.5 Å². The molecule has 5 nitrogen and oxygen atoms in total. The number of benzene rings is 1. The molecular weight excluding hydrogens is 324 g/mol. The van der Waals surface area contributed by atoms with E-state index in [-0.39, 0.29) is 5.92 Å². The molecule has 1 aliphatic rings. The van der Waals surface area contributed by atoms with Crippen LogP contribution in [0.1, 0.15) is 36.5 Å². The number of sulfonamides is 1. The highest BCUT2D eigenvalue weighted by atomic mass is 32.2. The molecule has 2 heterocycles. The number of pyridine rings is 1. The van der Waals surface area contributed by atoms with E-state index < -0.39 is 10.0 Å². The lowest BCUT2D eigenvalue weighted by Crippen LogP contribution is -2.29. The van der Waals surface area contributed by atoms with Gasteiger partial charge in [-0.15, -0.1) is 0 Å². The minimum Gasteiger partial charge on any atom is -0.496 e. The van der Waals surface area contributed by atoms with E-state index in [9.17, 15) is 8.42 Å². The molecule has 0 fully saturated rings. The number of hydrogen-bond acceptors (Lipinski definition) is 4. The summed E-state index contributed by atoms with van der Waals surface area (Å²) in [6.45, 7) is 6.32. The van der Waals surface area contributed by atoms with Crippen LogP contribution in [0.2, 0.25) is 0 Å². The fraction of sp³-hybridized carbons (Fsp3) is 0.389. The fourth-order valence-electron chi connectivity index (χ4n) is 3.15. The summed E-state index contributed by atoms with van der Waals surface area (Å²) < 4.78 is 33.4. The van der Waals surface area contributed by atoms with Crippen molar-refractivity contribution in [3.63, 3.8) is 0 Å². The van der Waals surface area contributed by atoms with Crippen LogP contribution >= 0.6 is 0 Å². The van der Waals surface area contributed by atoms with Crippen LogP contribution in [-0.4, -0.2) is 27.1 Å². The van der Waals surface area contributed by atoms with Crippen molar-refractivity contribution in [3.05, 3.63) is 47.3 Å². The quantitative estimate of drug-likeness (QED) is 0.852. The Morgan fingerprint density at radius 1 is 1.29 bits per heavy atom. The third-order valence-electron chi connectivity index (χ3n) is 4.45. The van der Waals surface area contributed by atoms with E-state index in [0.29, 0.717) is 23.4 Å². The van der Waals surface area contributed by atoms with Crippen molar-refractivity contribution in [1.29, 1.82) is 0 Å². The Labute approximate surface area is 143 Å². The molecule has 3 rings (SSSR count). The summed E-state index contributed by atoms with van der Waals surface area (Å²) in [7, 11) is -2.00. The fourth-order valence-corrected chi connectivity index (χ4v) is 4.90. The smallest absolute Gasteiger partial charge is 0.264 e. The number of fused-ring (bicyclic) bond motifs is 1. The average Bonchev–Trinajstić information content (AvgIpc) is 2.98. The van der Waals surface area contributed by atoms with Crippen molar-refractivity contribution < 1.29 is 13.2 Å². The van der Waals surface area contributed by atoms with E-state index in [0.717, 1.165) is 22.6 Å². The first-order valence-electron chi connectivity index (χ1n) is 8.00. The maximum Gasteiger partial charge on any atom is 0.264 e. The normalized spacial score (nSPS) is 14.1. The van der Waals surface area contributed by atoms with Gasteiger partial charge in [-0.3, -0.25) is 9.29 Å². The van der Waals surface area contributed by atoms with E-state index in [1.54, 1.807) is 31.6 Å². The van der Waals surface area contributed by atoms with Crippen molar-refractivity contribution in [2.75, 3.05) is 18.0 Å². The Balaban J connectivity index is 2.13. The van der Waals surface area contributed by atoms with Crippen molar-refractivity contribution in [2.24, 2.45) is 0 Å². The maximum atomic E-state index is 13.3. The molecule has 0 amide bonds. The summed E-state index contributed by atoms with van der Waals surface area (Å²) >= 11 is 0. The molecule has 0 spiro atoms. The second-order valence-electron chi connectivity index (χ2n) is 6.35. The molecule has 0 saturated heterocycles. The van der Waals surface area contributed by atoms with Gasteiger partial charge in [0.15, 0.2) is 0 Å². The van der Waals surface area contributed by atoms with Gasteiger partial charge in [0.05, 0.1) is 17.7 Å². The molecule has 1 aliphatic heterocycles. The molecule has 0 radical (unpaired) electrons. The van der Waals surface area contributed by atoms with E-state index in [1.807, 2.05) is 26.8 Å². The number of methoxy groups -OCH3 is 1. The van der Waals surface area contributed by atoms with Gasteiger partial charge in [0.25, 0.3) is 10.0 Å².